The lowest BCUT2D eigenvalue weighted by atomic mass is 9.78. The fraction of sp³-hybridized carbons (Fsp3) is 0.800. The van der Waals surface area contributed by atoms with Crippen LogP contribution < -0.4 is 5.32 Å². The zero-order valence-electron chi connectivity index (χ0n) is 8.21. The van der Waals surface area contributed by atoms with Crippen LogP contribution in [0.3, 0.4) is 0 Å². The highest BCUT2D eigenvalue weighted by Gasteiger charge is 2.32. The third kappa shape index (κ3) is 2.08. The molecule has 1 fully saturated rings. The molecule has 70 valence electrons. The van der Waals surface area contributed by atoms with Gasteiger partial charge in [-0.05, 0) is 39.4 Å². The first-order chi connectivity index (χ1) is 5.79. The van der Waals surface area contributed by atoms with E-state index in [2.05, 4.69) is 23.8 Å². The smallest absolute Gasteiger partial charge is 0.0160 e. The Hall–Kier alpha value is -0.340. The van der Waals surface area contributed by atoms with Gasteiger partial charge in [0, 0.05) is 12.6 Å². The molecular weight excluding hydrogens is 148 g/mol. The number of hydrogen-bond acceptors (Lipinski definition) is 2. The van der Waals surface area contributed by atoms with Crippen molar-refractivity contribution in [2.75, 3.05) is 27.2 Å². The van der Waals surface area contributed by atoms with Gasteiger partial charge in [0.05, 0.1) is 0 Å². The van der Waals surface area contributed by atoms with Crippen LogP contribution in [0.2, 0.25) is 0 Å². The van der Waals surface area contributed by atoms with E-state index in [1.165, 1.54) is 12.8 Å². The van der Waals surface area contributed by atoms with E-state index in [4.69, 9.17) is 0 Å². The lowest BCUT2D eigenvalue weighted by molar-refractivity contribution is 0.0950. The van der Waals surface area contributed by atoms with Gasteiger partial charge < -0.3 is 5.32 Å². The fourth-order valence-electron chi connectivity index (χ4n) is 1.97. The Morgan fingerprint density at radius 1 is 1.58 bits per heavy atom. The topological polar surface area (TPSA) is 15.3 Å². The number of hydrogen-bond donors (Lipinski definition) is 1. The third-order valence-corrected chi connectivity index (χ3v) is 2.83. The number of nitrogens with one attached hydrogen (secondary N) is 1. The molecule has 0 aromatic carbocycles. The average Bonchev–Trinajstić information content (AvgIpc) is 1.98. The molecule has 1 rings (SSSR count). The van der Waals surface area contributed by atoms with Crippen LogP contribution in [0.1, 0.15) is 12.8 Å². The summed E-state index contributed by atoms with van der Waals surface area (Å²) in [5, 5.41) is 3.24. The highest BCUT2D eigenvalue weighted by Crippen LogP contribution is 2.30. The molecule has 0 heterocycles. The van der Waals surface area contributed by atoms with Crippen molar-refractivity contribution < 1.29 is 0 Å². The quantitative estimate of drug-likeness (QED) is 0.618. The summed E-state index contributed by atoms with van der Waals surface area (Å²) in [5.41, 5.74) is 0. The van der Waals surface area contributed by atoms with E-state index in [9.17, 15) is 0 Å². The molecule has 2 unspecified atom stereocenters. The van der Waals surface area contributed by atoms with Crippen LogP contribution >= 0.6 is 0 Å². The van der Waals surface area contributed by atoms with Gasteiger partial charge >= 0.3 is 0 Å². The molecule has 0 amide bonds. The van der Waals surface area contributed by atoms with Gasteiger partial charge in [-0.2, -0.15) is 0 Å². The van der Waals surface area contributed by atoms with Crippen LogP contribution in [-0.2, 0) is 0 Å². The second kappa shape index (κ2) is 4.63. The van der Waals surface area contributed by atoms with Crippen LogP contribution in [0, 0.1) is 5.92 Å². The summed E-state index contributed by atoms with van der Waals surface area (Å²) < 4.78 is 0. The van der Waals surface area contributed by atoms with Gasteiger partial charge in [-0.1, -0.05) is 6.08 Å². The molecule has 0 spiro atoms. The number of rotatable bonds is 5. The maximum Gasteiger partial charge on any atom is 0.0160 e. The van der Waals surface area contributed by atoms with Gasteiger partial charge in [0.15, 0.2) is 0 Å². The van der Waals surface area contributed by atoms with Crippen molar-refractivity contribution in [3.8, 4) is 0 Å². The van der Waals surface area contributed by atoms with Crippen molar-refractivity contribution in [1.82, 2.24) is 10.2 Å². The molecule has 0 aliphatic heterocycles. The Morgan fingerprint density at radius 2 is 2.33 bits per heavy atom. The standard InChI is InChI=1S/C10H20N2/c1-4-7-12(3)10-6-5-9(10)8-11-2/h4,9-11H,1,5-8H2,2-3H3. The maximum atomic E-state index is 3.76. The Morgan fingerprint density at radius 3 is 2.75 bits per heavy atom. The molecule has 2 atom stereocenters. The molecule has 0 aromatic rings. The van der Waals surface area contributed by atoms with Gasteiger partial charge in [0.25, 0.3) is 0 Å². The average molecular weight is 168 g/mol. The minimum atomic E-state index is 0.787. The molecular formula is C10H20N2. The molecule has 0 saturated heterocycles. The Labute approximate surface area is 75.6 Å². The molecule has 1 saturated carbocycles. The molecule has 2 heteroatoms. The Bertz CT molecular complexity index is 145. The second-order valence-electron chi connectivity index (χ2n) is 3.69. The summed E-state index contributed by atoms with van der Waals surface area (Å²) in [6.07, 6.45) is 4.72. The van der Waals surface area contributed by atoms with E-state index in [1.54, 1.807) is 0 Å². The summed E-state index contributed by atoms with van der Waals surface area (Å²) in [6.45, 7) is 5.93. The van der Waals surface area contributed by atoms with Crippen molar-refractivity contribution >= 4 is 0 Å². The van der Waals surface area contributed by atoms with Crippen molar-refractivity contribution in [2.45, 2.75) is 18.9 Å². The highest BCUT2D eigenvalue weighted by atomic mass is 15.1. The van der Waals surface area contributed by atoms with Crippen LogP contribution in [0.25, 0.3) is 0 Å². The van der Waals surface area contributed by atoms with Gasteiger partial charge in [-0.25, -0.2) is 0 Å². The molecule has 1 aliphatic carbocycles. The lowest BCUT2D eigenvalue weighted by Gasteiger charge is -2.42. The molecule has 1 aliphatic rings. The molecule has 2 nitrogen and oxygen atoms in total. The zero-order valence-corrected chi connectivity index (χ0v) is 8.21. The van der Waals surface area contributed by atoms with E-state index < -0.39 is 0 Å². The summed E-state index contributed by atoms with van der Waals surface area (Å²) in [5.74, 6) is 0.861. The lowest BCUT2D eigenvalue weighted by Crippen LogP contribution is -2.48. The van der Waals surface area contributed by atoms with Crippen molar-refractivity contribution in [2.24, 2.45) is 5.92 Å². The minimum Gasteiger partial charge on any atom is -0.319 e. The molecule has 0 radical (unpaired) electrons. The molecule has 1 N–H and O–H groups in total. The van der Waals surface area contributed by atoms with Crippen molar-refractivity contribution in [1.29, 1.82) is 0 Å². The van der Waals surface area contributed by atoms with E-state index in [0.29, 0.717) is 0 Å². The predicted molar refractivity (Wildman–Crippen MR) is 53.3 cm³/mol. The van der Waals surface area contributed by atoms with E-state index in [-0.39, 0.29) is 0 Å². The van der Waals surface area contributed by atoms with Gasteiger partial charge in [0.1, 0.15) is 0 Å². The van der Waals surface area contributed by atoms with Crippen LogP contribution in [-0.4, -0.2) is 38.1 Å². The van der Waals surface area contributed by atoms with Crippen molar-refractivity contribution in [3.05, 3.63) is 12.7 Å². The predicted octanol–water partition coefficient (Wildman–Crippen LogP) is 1.10. The number of nitrogens with zero attached hydrogens (tertiary/aromatic N) is 1. The summed E-state index contributed by atoms with van der Waals surface area (Å²) >= 11 is 0. The van der Waals surface area contributed by atoms with Crippen molar-refractivity contribution in [3.63, 3.8) is 0 Å². The van der Waals surface area contributed by atoms with E-state index in [0.717, 1.165) is 25.0 Å². The first kappa shape index (κ1) is 9.75. The fourth-order valence-corrected chi connectivity index (χ4v) is 1.97. The van der Waals surface area contributed by atoms with Gasteiger partial charge in [0.2, 0.25) is 0 Å². The minimum absolute atomic E-state index is 0.787. The van der Waals surface area contributed by atoms with Crippen LogP contribution in [0.15, 0.2) is 12.7 Å². The summed E-state index contributed by atoms with van der Waals surface area (Å²) in [4.78, 5) is 2.40. The largest absolute Gasteiger partial charge is 0.319 e. The SMILES string of the molecule is C=CCN(C)C1CCC1CNC. The van der Waals surface area contributed by atoms with Gasteiger partial charge in [-0.3, -0.25) is 4.90 Å². The van der Waals surface area contributed by atoms with Crippen LogP contribution in [0.5, 0.6) is 0 Å². The molecule has 0 bridgehead atoms. The van der Waals surface area contributed by atoms with E-state index in [1.807, 2.05) is 13.1 Å². The first-order valence-corrected chi connectivity index (χ1v) is 4.75. The highest BCUT2D eigenvalue weighted by molar-refractivity contribution is 4.90. The molecule has 0 aromatic heterocycles. The second-order valence-corrected chi connectivity index (χ2v) is 3.69. The third-order valence-electron chi connectivity index (χ3n) is 2.83. The normalized spacial score (nSPS) is 28.6. The van der Waals surface area contributed by atoms with E-state index >= 15 is 0 Å². The monoisotopic (exact) mass is 168 g/mol. The Kier molecular flexibility index (Phi) is 3.76. The first-order valence-electron chi connectivity index (χ1n) is 4.75. The van der Waals surface area contributed by atoms with Gasteiger partial charge in [-0.15, -0.1) is 6.58 Å². The summed E-state index contributed by atoms with van der Waals surface area (Å²) in [6, 6.07) is 0.787. The van der Waals surface area contributed by atoms with Crippen LogP contribution in [0.4, 0.5) is 0 Å². The maximum absolute atomic E-state index is 3.76. The Balaban J connectivity index is 2.27. The molecule has 12 heavy (non-hydrogen) atoms. The number of likely N-dealkylation sites (N-methyl/N-ethyl adjacent to an activating group) is 1. The summed E-state index contributed by atoms with van der Waals surface area (Å²) in [7, 11) is 4.22. The zero-order chi connectivity index (χ0) is 8.97.